The van der Waals surface area contributed by atoms with Crippen LogP contribution in [-0.2, 0) is 44.0 Å². The molecule has 0 spiro atoms. The third-order valence-corrected chi connectivity index (χ3v) is 12.9. The van der Waals surface area contributed by atoms with Crippen molar-refractivity contribution in [1.29, 1.82) is 0 Å². The molecule has 4 N–H and O–H groups in total. The van der Waals surface area contributed by atoms with Crippen LogP contribution >= 0.6 is 0 Å². The molecule has 0 fully saturated rings. The fraction of sp³-hybridized carbons (Fsp3) is 0.795. The maximum Gasteiger partial charge on any atom is 1.00 e. The standard InChI is InChI=1S/C24H42N2O3S.C20H38O7S.K.Na.2H/c1-2-3-4-5-6-7-8-9-10-11-12-13-14-15-16-17-24(27)26-30(28,29)23-20-18-22(25)19-21-23;1-5-9-11-16(7-3)14-26-19(21)13-18(28(23,24)25)20(22)27-15-17(8-4)12-10-6-2;;;;/h18-21H,2-17,25H2,1H3,(H,26,27);16-18H,5-15H2,1-4H3,(H,23,24,25);;;;/q;;2*+1;2*-1. The molecule has 1 amide bonds. The number of carbonyl (C=O) groups is 3. The molecule has 0 aromatic heterocycles. The zero-order chi connectivity index (χ0) is 43.7. The van der Waals surface area contributed by atoms with Gasteiger partial charge in [-0.1, -0.05) is 163 Å². The van der Waals surface area contributed by atoms with Crippen molar-refractivity contribution in [2.24, 2.45) is 11.8 Å². The molecule has 0 aliphatic rings. The van der Waals surface area contributed by atoms with Crippen molar-refractivity contribution in [3.63, 3.8) is 0 Å². The third-order valence-electron chi connectivity index (χ3n) is 10.4. The Labute approximate surface area is 433 Å². The number of carbonyl (C=O) groups excluding carboxylic acids is 3. The average Bonchev–Trinajstić information content (AvgIpc) is 3.18. The fourth-order valence-electron chi connectivity index (χ4n) is 6.38. The number of unbranched alkanes of at least 4 members (excludes halogenated alkanes) is 16. The molecule has 60 heavy (non-hydrogen) atoms. The van der Waals surface area contributed by atoms with Crippen LogP contribution < -0.4 is 91.4 Å². The smallest absolute Gasteiger partial charge is 1.00 e. The maximum absolute atomic E-state index is 12.2. The van der Waals surface area contributed by atoms with Crippen LogP contribution in [0.25, 0.3) is 0 Å². The first kappa shape index (κ1) is 64.2. The quantitative estimate of drug-likeness (QED) is 0.0285. The zero-order valence-corrected chi connectivity index (χ0v) is 45.4. The minimum atomic E-state index is -4.76. The van der Waals surface area contributed by atoms with E-state index in [4.69, 9.17) is 15.2 Å². The number of nitrogen functional groups attached to an aromatic ring is 1. The number of esters is 2. The van der Waals surface area contributed by atoms with Crippen LogP contribution in [0.4, 0.5) is 5.69 Å². The van der Waals surface area contributed by atoms with E-state index < -0.39 is 49.7 Å². The van der Waals surface area contributed by atoms with Crippen molar-refractivity contribution < 1.29 is 129 Å². The van der Waals surface area contributed by atoms with Crippen LogP contribution in [0.2, 0.25) is 0 Å². The second-order valence-corrected chi connectivity index (χ2v) is 18.9. The van der Waals surface area contributed by atoms with E-state index in [1.54, 1.807) is 0 Å². The van der Waals surface area contributed by atoms with Gasteiger partial charge in [-0.25, -0.2) is 13.1 Å². The van der Waals surface area contributed by atoms with Gasteiger partial charge >= 0.3 is 92.9 Å². The van der Waals surface area contributed by atoms with E-state index >= 15 is 0 Å². The molecule has 3 atom stereocenters. The van der Waals surface area contributed by atoms with Gasteiger partial charge in [-0.2, -0.15) is 8.42 Å². The summed E-state index contributed by atoms with van der Waals surface area (Å²) >= 11 is 0. The van der Waals surface area contributed by atoms with Crippen LogP contribution in [0.5, 0.6) is 0 Å². The molecule has 0 saturated heterocycles. The molecule has 0 radical (unpaired) electrons. The van der Waals surface area contributed by atoms with Crippen molar-refractivity contribution in [2.75, 3.05) is 18.9 Å². The average molecular weight is 925 g/mol. The number of hydrogen-bond acceptors (Lipinski definition) is 10. The summed E-state index contributed by atoms with van der Waals surface area (Å²) in [4.78, 5) is 36.2. The topological polar surface area (TPSA) is 196 Å². The monoisotopic (exact) mass is 924 g/mol. The molecule has 1 aromatic rings. The van der Waals surface area contributed by atoms with Gasteiger partial charge in [0.15, 0.2) is 5.25 Å². The molecular formula is C44H82KN2NaO10S2. The summed E-state index contributed by atoms with van der Waals surface area (Å²) in [5, 5.41) is -1.95. The van der Waals surface area contributed by atoms with Crippen LogP contribution in [-0.4, -0.2) is 57.7 Å². The predicted molar refractivity (Wildman–Crippen MR) is 236 cm³/mol. The van der Waals surface area contributed by atoms with Gasteiger partial charge in [0.05, 0.1) is 24.5 Å². The molecule has 0 aliphatic heterocycles. The van der Waals surface area contributed by atoms with Crippen molar-refractivity contribution >= 4 is 43.7 Å². The second-order valence-electron chi connectivity index (χ2n) is 15.7. The number of sulfonamides is 1. The Balaban J connectivity index is -0.000000329. The number of anilines is 1. The van der Waals surface area contributed by atoms with Gasteiger partial charge in [-0.05, 0) is 55.4 Å². The molecule has 0 bridgehead atoms. The molecule has 16 heteroatoms. The first-order valence-electron chi connectivity index (χ1n) is 22.3. The summed E-state index contributed by atoms with van der Waals surface area (Å²) in [6, 6.07) is 5.82. The number of rotatable bonds is 34. The minimum absolute atomic E-state index is 0. The van der Waals surface area contributed by atoms with Crippen molar-refractivity contribution in [2.45, 2.75) is 205 Å². The largest absolute Gasteiger partial charge is 1.00 e. The van der Waals surface area contributed by atoms with Crippen molar-refractivity contribution in [3.8, 4) is 0 Å². The van der Waals surface area contributed by atoms with Gasteiger partial charge < -0.3 is 18.1 Å². The van der Waals surface area contributed by atoms with Crippen LogP contribution in [0, 0.1) is 11.8 Å². The van der Waals surface area contributed by atoms with Crippen LogP contribution in [0.15, 0.2) is 29.2 Å². The maximum atomic E-state index is 12.2. The van der Waals surface area contributed by atoms with Crippen LogP contribution in [0.1, 0.15) is 198 Å². The summed E-state index contributed by atoms with van der Waals surface area (Å²) in [5.41, 5.74) is 6.04. The summed E-state index contributed by atoms with van der Waals surface area (Å²) in [6.07, 6.45) is 25.9. The van der Waals surface area contributed by atoms with Gasteiger partial charge in [0, 0.05) is 12.1 Å². The molecule has 12 nitrogen and oxygen atoms in total. The van der Waals surface area contributed by atoms with E-state index in [1.165, 1.54) is 101 Å². The molecule has 0 aliphatic carbocycles. The molecule has 1 aromatic carbocycles. The van der Waals surface area contributed by atoms with Gasteiger partial charge in [0.2, 0.25) is 5.91 Å². The van der Waals surface area contributed by atoms with Gasteiger partial charge in [0.25, 0.3) is 20.1 Å². The van der Waals surface area contributed by atoms with E-state index in [9.17, 15) is 35.8 Å². The number of nitrogens with one attached hydrogen (secondary N) is 1. The Kier molecular flexibility index (Phi) is 43.3. The summed E-state index contributed by atoms with van der Waals surface area (Å²) in [5.74, 6) is -2.05. The van der Waals surface area contributed by atoms with E-state index in [2.05, 4.69) is 25.5 Å². The Hall–Kier alpha value is -0.0736. The van der Waals surface area contributed by atoms with E-state index in [0.29, 0.717) is 5.69 Å². The van der Waals surface area contributed by atoms with Gasteiger partial charge in [-0.3, -0.25) is 18.9 Å². The summed E-state index contributed by atoms with van der Waals surface area (Å²) in [7, 11) is -8.57. The molecule has 1 rings (SSSR count). The molecule has 0 saturated carbocycles. The van der Waals surface area contributed by atoms with E-state index in [-0.39, 0.29) is 120 Å². The number of hydrogen-bond donors (Lipinski definition) is 3. The third kappa shape index (κ3) is 34.3. The number of benzene rings is 1. The molecule has 342 valence electrons. The van der Waals surface area contributed by atoms with Gasteiger partial charge in [0.1, 0.15) is 0 Å². The fourth-order valence-corrected chi connectivity index (χ4v) is 8.06. The minimum Gasteiger partial charge on any atom is -1.00 e. The van der Waals surface area contributed by atoms with E-state index in [0.717, 1.165) is 70.6 Å². The second kappa shape index (κ2) is 40.4. The first-order chi connectivity index (χ1) is 27.6. The normalized spacial score (nSPS) is 12.7. The Morgan fingerprint density at radius 3 is 1.45 bits per heavy atom. The van der Waals surface area contributed by atoms with Crippen molar-refractivity contribution in [3.05, 3.63) is 24.3 Å². The Bertz CT molecular complexity index is 1460. The zero-order valence-electron chi connectivity index (χ0n) is 40.6. The number of amides is 1. The van der Waals surface area contributed by atoms with E-state index in [1.807, 2.05) is 13.8 Å². The Morgan fingerprint density at radius 2 is 1.05 bits per heavy atom. The SMILES string of the molecule is CCCCC(CC)COC(=O)CC(C(=O)OCC(CC)CCCC)S(=O)(=O)O.CCCCCCCCCCCCCCCCCC(=O)NS(=O)(=O)c1ccc(N)cc1.[H-].[H-].[K+].[Na+]. The van der Waals surface area contributed by atoms with Crippen molar-refractivity contribution in [1.82, 2.24) is 4.72 Å². The summed E-state index contributed by atoms with van der Waals surface area (Å²) in [6.45, 7) is 10.6. The van der Waals surface area contributed by atoms with Gasteiger partial charge in [-0.15, -0.1) is 0 Å². The first-order valence-corrected chi connectivity index (χ1v) is 25.3. The molecule has 0 heterocycles. The Morgan fingerprint density at radius 1 is 0.650 bits per heavy atom. The molecule has 3 unspecified atom stereocenters. The number of nitrogens with two attached hydrogens (primary N) is 1. The molecular weight excluding hydrogens is 843 g/mol. The summed E-state index contributed by atoms with van der Waals surface area (Å²) < 4.78 is 69.2. The van der Waals surface area contributed by atoms with Crippen LogP contribution in [0.3, 0.4) is 0 Å². The number of ether oxygens (including phenoxy) is 2. The predicted octanol–water partition coefficient (Wildman–Crippen LogP) is 4.72.